The maximum absolute atomic E-state index is 13.4. The molecule has 5 rings (SSSR count). The molecule has 158 valence electrons. The van der Waals surface area contributed by atoms with E-state index in [0.717, 1.165) is 71.9 Å². The molecule has 2 aliphatic rings. The lowest BCUT2D eigenvalue weighted by molar-refractivity contribution is -0.126. The topological polar surface area (TPSA) is 59.5 Å². The summed E-state index contributed by atoms with van der Waals surface area (Å²) in [6, 6.07) is 15.6. The van der Waals surface area contributed by atoms with Gasteiger partial charge in [-0.1, -0.05) is 42.8 Å². The molecule has 2 heterocycles. The zero-order chi connectivity index (χ0) is 21.4. The zero-order valence-electron chi connectivity index (χ0n) is 17.8. The molecule has 5 heteroatoms. The Morgan fingerprint density at radius 3 is 2.65 bits per heavy atom. The quantitative estimate of drug-likeness (QED) is 0.463. The van der Waals surface area contributed by atoms with Crippen molar-refractivity contribution in [2.24, 2.45) is 0 Å². The number of hydrogen-bond acceptors (Lipinski definition) is 4. The van der Waals surface area contributed by atoms with Crippen molar-refractivity contribution in [3.63, 3.8) is 0 Å². The van der Waals surface area contributed by atoms with Gasteiger partial charge >= 0.3 is 5.97 Å². The number of hydrogen-bond donors (Lipinski definition) is 0. The number of fused-ring (bicyclic) bond motifs is 3. The van der Waals surface area contributed by atoms with Crippen molar-refractivity contribution in [3.05, 3.63) is 70.9 Å². The van der Waals surface area contributed by atoms with Crippen molar-refractivity contribution >= 4 is 28.5 Å². The first-order chi connectivity index (χ1) is 15.1. The van der Waals surface area contributed by atoms with Crippen LogP contribution in [-0.4, -0.2) is 29.5 Å². The number of carbonyl (C=O) groups is 2. The van der Waals surface area contributed by atoms with E-state index in [-0.39, 0.29) is 5.91 Å². The Morgan fingerprint density at radius 1 is 0.968 bits per heavy atom. The smallest absolute Gasteiger partial charge is 0.339 e. The summed E-state index contributed by atoms with van der Waals surface area (Å²) in [5.74, 6) is -0.604. The van der Waals surface area contributed by atoms with Crippen molar-refractivity contribution in [1.82, 2.24) is 4.98 Å². The van der Waals surface area contributed by atoms with E-state index in [9.17, 15) is 9.59 Å². The molecule has 0 saturated heterocycles. The summed E-state index contributed by atoms with van der Waals surface area (Å²) in [5, 5.41) is 0.805. The number of aromatic nitrogens is 1. The van der Waals surface area contributed by atoms with Crippen LogP contribution in [0.15, 0.2) is 48.5 Å². The Balaban J connectivity index is 1.45. The highest BCUT2D eigenvalue weighted by atomic mass is 16.5. The van der Waals surface area contributed by atoms with Crippen molar-refractivity contribution in [3.8, 4) is 0 Å². The summed E-state index contributed by atoms with van der Waals surface area (Å²) in [5.41, 5.74) is 5.45. The van der Waals surface area contributed by atoms with E-state index in [1.807, 2.05) is 48.5 Å². The predicted octanol–water partition coefficient (Wildman–Crippen LogP) is 4.64. The monoisotopic (exact) mass is 414 g/mol. The summed E-state index contributed by atoms with van der Waals surface area (Å²) >= 11 is 0. The molecule has 3 aromatic rings. The van der Waals surface area contributed by atoms with Crippen LogP contribution in [0, 0.1) is 0 Å². The largest absolute Gasteiger partial charge is 0.449 e. The van der Waals surface area contributed by atoms with Crippen LogP contribution < -0.4 is 4.90 Å². The van der Waals surface area contributed by atoms with Crippen LogP contribution in [-0.2, 0) is 28.8 Å². The maximum atomic E-state index is 13.4. The average Bonchev–Trinajstić information content (AvgIpc) is 3.08. The first-order valence-corrected chi connectivity index (χ1v) is 11.1. The van der Waals surface area contributed by atoms with Crippen LogP contribution in [0.4, 0.5) is 5.69 Å². The van der Waals surface area contributed by atoms with E-state index in [4.69, 9.17) is 9.72 Å². The van der Waals surface area contributed by atoms with E-state index < -0.39 is 12.1 Å². The van der Waals surface area contributed by atoms with Crippen molar-refractivity contribution in [2.75, 3.05) is 11.4 Å². The number of nitrogens with zero attached hydrogens (tertiary/aromatic N) is 2. The number of anilines is 1. The Kier molecular flexibility index (Phi) is 5.18. The molecule has 5 nitrogen and oxygen atoms in total. The number of aryl methyl sites for hydroxylation is 1. The van der Waals surface area contributed by atoms with E-state index in [0.29, 0.717) is 12.1 Å². The van der Waals surface area contributed by atoms with Crippen molar-refractivity contribution < 1.29 is 14.3 Å². The van der Waals surface area contributed by atoms with Gasteiger partial charge in [-0.3, -0.25) is 9.78 Å². The van der Waals surface area contributed by atoms with Gasteiger partial charge in [0, 0.05) is 23.3 Å². The zero-order valence-corrected chi connectivity index (χ0v) is 17.8. The number of pyridine rings is 1. The standard InChI is InChI=1S/C26H26N2O3/c1-17(25(29)28-16-15-18-9-5-8-14-23(18)28)31-26(30)24-19-10-3-2-4-12-21(19)27-22-13-7-6-11-20(22)24/h5-9,11,13-14,17H,2-4,10,12,15-16H2,1H3/t17-/m0/s1. The Labute approximate surface area is 182 Å². The Bertz CT molecular complexity index is 1170. The van der Waals surface area contributed by atoms with Gasteiger partial charge in [0.1, 0.15) is 0 Å². The minimum atomic E-state index is -0.855. The highest BCUT2D eigenvalue weighted by Crippen LogP contribution is 2.31. The molecule has 2 aromatic carbocycles. The van der Waals surface area contributed by atoms with Crippen LogP contribution >= 0.6 is 0 Å². The molecule has 0 saturated carbocycles. The van der Waals surface area contributed by atoms with Crippen LogP contribution in [0.5, 0.6) is 0 Å². The first kappa shape index (κ1) is 19.7. The first-order valence-electron chi connectivity index (χ1n) is 11.1. The van der Waals surface area contributed by atoms with E-state index in [1.54, 1.807) is 11.8 Å². The van der Waals surface area contributed by atoms with E-state index in [2.05, 4.69) is 0 Å². The van der Waals surface area contributed by atoms with Crippen LogP contribution in [0.25, 0.3) is 10.9 Å². The fourth-order valence-electron chi connectivity index (χ4n) is 4.84. The van der Waals surface area contributed by atoms with Crippen molar-refractivity contribution in [1.29, 1.82) is 0 Å². The summed E-state index contributed by atoms with van der Waals surface area (Å²) in [7, 11) is 0. The molecule has 1 aliphatic heterocycles. The number of amides is 1. The number of ether oxygens (including phenoxy) is 1. The average molecular weight is 415 g/mol. The molecular formula is C26H26N2O3. The lowest BCUT2D eigenvalue weighted by Crippen LogP contribution is -2.39. The summed E-state index contributed by atoms with van der Waals surface area (Å²) in [6.07, 6.45) is 4.91. The molecule has 1 atom stereocenters. The molecule has 0 unspecified atom stereocenters. The third kappa shape index (κ3) is 3.58. The fraction of sp³-hybridized carbons (Fsp3) is 0.346. The third-order valence-corrected chi connectivity index (χ3v) is 6.41. The van der Waals surface area contributed by atoms with Crippen LogP contribution in [0.3, 0.4) is 0 Å². The van der Waals surface area contributed by atoms with Gasteiger partial charge in [0.2, 0.25) is 0 Å². The highest BCUT2D eigenvalue weighted by Gasteiger charge is 2.31. The molecule has 1 aromatic heterocycles. The number of benzene rings is 2. The third-order valence-electron chi connectivity index (χ3n) is 6.41. The summed E-state index contributed by atoms with van der Waals surface area (Å²) in [6.45, 7) is 2.29. The minimum absolute atomic E-state index is 0.178. The second kappa shape index (κ2) is 8.14. The lowest BCUT2D eigenvalue weighted by Gasteiger charge is -2.22. The second-order valence-electron chi connectivity index (χ2n) is 8.41. The van der Waals surface area contributed by atoms with Gasteiger partial charge in [-0.25, -0.2) is 4.79 Å². The van der Waals surface area contributed by atoms with Gasteiger partial charge < -0.3 is 9.64 Å². The molecule has 0 radical (unpaired) electrons. The Morgan fingerprint density at radius 2 is 1.74 bits per heavy atom. The van der Waals surface area contributed by atoms with E-state index in [1.165, 1.54) is 0 Å². The maximum Gasteiger partial charge on any atom is 0.339 e. The molecule has 1 amide bonds. The number of rotatable bonds is 3. The molecule has 1 aliphatic carbocycles. The number of para-hydroxylation sites is 2. The second-order valence-corrected chi connectivity index (χ2v) is 8.41. The molecule has 0 bridgehead atoms. The number of carbonyl (C=O) groups excluding carboxylic acids is 2. The van der Waals surface area contributed by atoms with Gasteiger partial charge in [0.05, 0.1) is 11.1 Å². The van der Waals surface area contributed by atoms with Gasteiger partial charge in [0.25, 0.3) is 5.91 Å². The highest BCUT2D eigenvalue weighted by molar-refractivity contribution is 6.07. The fourth-order valence-corrected chi connectivity index (χ4v) is 4.84. The van der Waals surface area contributed by atoms with Gasteiger partial charge in [-0.2, -0.15) is 0 Å². The van der Waals surface area contributed by atoms with Crippen LogP contribution in [0.1, 0.15) is 53.4 Å². The lowest BCUT2D eigenvalue weighted by atomic mass is 9.97. The summed E-state index contributed by atoms with van der Waals surface area (Å²) in [4.78, 5) is 33.1. The summed E-state index contributed by atoms with van der Waals surface area (Å²) < 4.78 is 5.78. The SMILES string of the molecule is C[C@H](OC(=O)c1c2c(nc3ccccc13)CCCCC2)C(=O)N1CCc2ccccc21. The molecular weight excluding hydrogens is 388 g/mol. The van der Waals surface area contributed by atoms with E-state index >= 15 is 0 Å². The molecule has 0 spiro atoms. The minimum Gasteiger partial charge on any atom is -0.449 e. The normalized spacial score (nSPS) is 16.4. The van der Waals surface area contributed by atoms with Crippen molar-refractivity contribution in [2.45, 2.75) is 51.6 Å². The van der Waals surface area contributed by atoms with Crippen LogP contribution in [0.2, 0.25) is 0 Å². The Hall–Kier alpha value is -3.21. The molecule has 31 heavy (non-hydrogen) atoms. The molecule has 0 N–H and O–H groups in total. The predicted molar refractivity (Wildman–Crippen MR) is 120 cm³/mol. The number of esters is 1. The van der Waals surface area contributed by atoms with Gasteiger partial charge in [-0.05, 0) is 62.3 Å². The van der Waals surface area contributed by atoms with Gasteiger partial charge in [-0.15, -0.1) is 0 Å². The van der Waals surface area contributed by atoms with Gasteiger partial charge in [0.15, 0.2) is 6.10 Å². The molecule has 0 fully saturated rings.